The molecule has 1 amide bonds. The van der Waals surface area contributed by atoms with Gasteiger partial charge in [-0.25, -0.2) is 9.37 Å². The van der Waals surface area contributed by atoms with Crippen molar-refractivity contribution in [2.45, 2.75) is 32.1 Å². The summed E-state index contributed by atoms with van der Waals surface area (Å²) in [6, 6.07) is 7.72. The van der Waals surface area contributed by atoms with Gasteiger partial charge in [0.1, 0.15) is 5.82 Å². The molecule has 6 nitrogen and oxygen atoms in total. The number of piperazine rings is 1. The van der Waals surface area contributed by atoms with Crippen LogP contribution in [0.3, 0.4) is 0 Å². The number of hydrogen-bond donors (Lipinski definition) is 0. The Bertz CT molecular complexity index is 1070. The van der Waals surface area contributed by atoms with Crippen molar-refractivity contribution in [1.29, 1.82) is 0 Å². The molecule has 2 aliphatic rings. The number of carbonyl (C=O) groups is 1. The zero-order valence-corrected chi connectivity index (χ0v) is 16.4. The molecule has 0 bridgehead atoms. The van der Waals surface area contributed by atoms with Crippen LogP contribution >= 0.6 is 0 Å². The van der Waals surface area contributed by atoms with Gasteiger partial charge in [-0.05, 0) is 54.5 Å². The molecule has 1 aliphatic carbocycles. The predicted molar refractivity (Wildman–Crippen MR) is 107 cm³/mol. The first-order valence-electron chi connectivity index (χ1n) is 10.1. The van der Waals surface area contributed by atoms with Crippen LogP contribution in [0.1, 0.15) is 35.4 Å². The minimum atomic E-state index is -0.178. The molecule has 0 spiro atoms. The molecule has 7 heteroatoms. The van der Waals surface area contributed by atoms with E-state index in [2.05, 4.69) is 9.97 Å². The van der Waals surface area contributed by atoms with Gasteiger partial charge in [-0.1, -0.05) is 12.1 Å². The van der Waals surface area contributed by atoms with Crippen molar-refractivity contribution in [1.82, 2.24) is 14.9 Å². The average molecular weight is 394 g/mol. The topological polar surface area (TPSA) is 62.5 Å². The van der Waals surface area contributed by atoms with Crippen LogP contribution in [0.25, 0.3) is 11.2 Å². The van der Waals surface area contributed by atoms with Crippen molar-refractivity contribution in [3.8, 4) is 0 Å². The second-order valence-electron chi connectivity index (χ2n) is 8.01. The molecule has 3 aromatic rings. The van der Waals surface area contributed by atoms with Crippen molar-refractivity contribution in [2.24, 2.45) is 0 Å². The van der Waals surface area contributed by atoms with Crippen LogP contribution in [0.4, 0.5) is 10.4 Å². The Kier molecular flexibility index (Phi) is 4.45. The van der Waals surface area contributed by atoms with Crippen LogP contribution in [-0.2, 0) is 11.2 Å². The third-order valence-corrected chi connectivity index (χ3v) is 5.71. The predicted octanol–water partition coefficient (Wildman–Crippen LogP) is 3.44. The molecule has 1 aromatic carbocycles. The van der Waals surface area contributed by atoms with Crippen molar-refractivity contribution in [3.63, 3.8) is 0 Å². The zero-order valence-electron chi connectivity index (χ0n) is 16.4. The molecule has 0 atom stereocenters. The molecule has 29 heavy (non-hydrogen) atoms. The van der Waals surface area contributed by atoms with E-state index in [0.717, 1.165) is 29.5 Å². The van der Waals surface area contributed by atoms with E-state index in [4.69, 9.17) is 4.42 Å². The Hall–Kier alpha value is -2.96. The minimum Gasteiger partial charge on any atom is -0.422 e. The number of amides is 1. The summed E-state index contributed by atoms with van der Waals surface area (Å²) in [5.41, 5.74) is 3.82. The fourth-order valence-electron chi connectivity index (χ4n) is 3.88. The summed E-state index contributed by atoms with van der Waals surface area (Å²) in [4.78, 5) is 25.3. The summed E-state index contributed by atoms with van der Waals surface area (Å²) in [6.07, 6.45) is 4.13. The van der Waals surface area contributed by atoms with Crippen LogP contribution in [0, 0.1) is 12.7 Å². The second kappa shape index (κ2) is 7.13. The molecule has 150 valence electrons. The fraction of sp³-hybridized carbons (Fsp3) is 0.409. The van der Waals surface area contributed by atoms with E-state index in [1.807, 2.05) is 34.9 Å². The quantitative estimate of drug-likeness (QED) is 0.678. The third-order valence-electron chi connectivity index (χ3n) is 5.71. The van der Waals surface area contributed by atoms with Gasteiger partial charge in [-0.15, -0.1) is 0 Å². The first-order valence-corrected chi connectivity index (χ1v) is 10.1. The van der Waals surface area contributed by atoms with E-state index < -0.39 is 0 Å². The van der Waals surface area contributed by atoms with Crippen molar-refractivity contribution in [2.75, 3.05) is 31.1 Å². The Morgan fingerprint density at radius 3 is 2.72 bits per heavy atom. The normalized spacial score (nSPS) is 17.2. The van der Waals surface area contributed by atoms with Crippen molar-refractivity contribution >= 4 is 23.2 Å². The highest BCUT2D eigenvalue weighted by Crippen LogP contribution is 2.41. The summed E-state index contributed by atoms with van der Waals surface area (Å²) in [7, 11) is 0. The van der Waals surface area contributed by atoms with Crippen molar-refractivity contribution < 1.29 is 13.6 Å². The van der Waals surface area contributed by atoms with Crippen LogP contribution in [-0.4, -0.2) is 47.0 Å². The zero-order chi connectivity index (χ0) is 20.0. The van der Waals surface area contributed by atoms with Crippen LogP contribution < -0.4 is 4.90 Å². The molecule has 2 fully saturated rings. The highest BCUT2D eigenvalue weighted by Gasteiger charge is 2.27. The van der Waals surface area contributed by atoms with E-state index in [0.29, 0.717) is 49.3 Å². The van der Waals surface area contributed by atoms with E-state index in [-0.39, 0.29) is 18.1 Å². The van der Waals surface area contributed by atoms with Gasteiger partial charge in [-0.2, -0.15) is 4.98 Å². The van der Waals surface area contributed by atoms with E-state index >= 15 is 0 Å². The van der Waals surface area contributed by atoms with E-state index in [1.165, 1.54) is 6.07 Å². The van der Waals surface area contributed by atoms with Gasteiger partial charge in [0.25, 0.3) is 6.01 Å². The Morgan fingerprint density at radius 2 is 2.00 bits per heavy atom. The number of benzene rings is 1. The molecular weight excluding hydrogens is 371 g/mol. The first kappa shape index (κ1) is 18.1. The van der Waals surface area contributed by atoms with Gasteiger partial charge in [0.2, 0.25) is 11.6 Å². The van der Waals surface area contributed by atoms with Gasteiger partial charge in [0, 0.05) is 32.4 Å². The summed E-state index contributed by atoms with van der Waals surface area (Å²) in [5, 5.41) is 0. The Balaban J connectivity index is 1.20. The molecule has 0 N–H and O–H groups in total. The second-order valence-corrected chi connectivity index (χ2v) is 8.01. The highest BCUT2D eigenvalue weighted by molar-refractivity contribution is 5.79. The molecule has 2 aromatic heterocycles. The maximum Gasteiger partial charge on any atom is 0.300 e. The number of aromatic nitrogens is 2. The summed E-state index contributed by atoms with van der Waals surface area (Å²) >= 11 is 0. The molecule has 1 saturated heterocycles. The molecule has 1 saturated carbocycles. The average Bonchev–Trinajstić information content (AvgIpc) is 3.46. The number of halogens is 1. The lowest BCUT2D eigenvalue weighted by Crippen LogP contribution is -2.49. The molecule has 0 radical (unpaired) electrons. The van der Waals surface area contributed by atoms with Gasteiger partial charge < -0.3 is 14.2 Å². The molecular formula is C22H23FN4O2. The number of oxazole rings is 1. The van der Waals surface area contributed by atoms with Gasteiger partial charge >= 0.3 is 0 Å². The van der Waals surface area contributed by atoms with Crippen LogP contribution in [0.15, 0.2) is 34.9 Å². The van der Waals surface area contributed by atoms with Gasteiger partial charge in [0.15, 0.2) is 5.58 Å². The highest BCUT2D eigenvalue weighted by atomic mass is 19.1. The number of anilines is 1. The molecule has 0 unspecified atom stereocenters. The lowest BCUT2D eigenvalue weighted by Gasteiger charge is -2.33. The number of hydrogen-bond acceptors (Lipinski definition) is 5. The number of pyridine rings is 1. The SMILES string of the molecule is Cc1cnc2nc(N3CCN(C(=O)Cc4ccc(C5CC5)c(F)c4)CC3)oc2c1. The molecule has 1 aliphatic heterocycles. The van der Waals surface area contributed by atoms with E-state index in [9.17, 15) is 9.18 Å². The Morgan fingerprint density at radius 1 is 1.21 bits per heavy atom. The van der Waals surface area contributed by atoms with Gasteiger partial charge in [0.05, 0.1) is 6.42 Å². The van der Waals surface area contributed by atoms with Gasteiger partial charge in [-0.3, -0.25) is 4.79 Å². The number of rotatable bonds is 4. The minimum absolute atomic E-state index is 0.0260. The standard InChI is InChI=1S/C22H23FN4O2/c1-14-10-19-21(24-13-14)25-22(29-19)27-8-6-26(7-9-27)20(28)12-15-2-5-17(16-3-4-16)18(23)11-15/h2,5,10-11,13,16H,3-4,6-9,12H2,1H3. The summed E-state index contributed by atoms with van der Waals surface area (Å²) in [6.45, 7) is 4.43. The smallest absolute Gasteiger partial charge is 0.300 e. The third kappa shape index (κ3) is 3.69. The summed E-state index contributed by atoms with van der Waals surface area (Å²) < 4.78 is 20.1. The lowest BCUT2D eigenvalue weighted by atomic mass is 10.0. The molecule has 3 heterocycles. The number of nitrogens with zero attached hydrogens (tertiary/aromatic N) is 4. The lowest BCUT2D eigenvalue weighted by molar-refractivity contribution is -0.130. The van der Waals surface area contributed by atoms with Crippen LogP contribution in [0.2, 0.25) is 0 Å². The largest absolute Gasteiger partial charge is 0.422 e. The number of fused-ring (bicyclic) bond motifs is 1. The van der Waals surface area contributed by atoms with E-state index in [1.54, 1.807) is 6.20 Å². The maximum atomic E-state index is 14.2. The van der Waals surface area contributed by atoms with Crippen molar-refractivity contribution in [3.05, 3.63) is 53.0 Å². The number of aryl methyl sites for hydroxylation is 1. The maximum absolute atomic E-state index is 14.2. The first-order chi connectivity index (χ1) is 14.1. The monoisotopic (exact) mass is 394 g/mol. The summed E-state index contributed by atoms with van der Waals surface area (Å²) in [5.74, 6) is 0.222. The van der Waals surface area contributed by atoms with Crippen LogP contribution in [0.5, 0.6) is 0 Å². The Labute approximate surface area is 168 Å². The number of carbonyl (C=O) groups excluding carboxylic acids is 1. The molecule has 5 rings (SSSR count). The fourth-order valence-corrected chi connectivity index (χ4v) is 3.88.